The van der Waals surface area contributed by atoms with Gasteiger partial charge < -0.3 is 4.74 Å². The molecule has 0 aromatic heterocycles. The van der Waals surface area contributed by atoms with Crippen molar-refractivity contribution in [2.24, 2.45) is 0 Å². The number of hydrogen-bond donors (Lipinski definition) is 1. The lowest BCUT2D eigenvalue weighted by Crippen LogP contribution is -2.23. The first-order valence-electron chi connectivity index (χ1n) is 3.96. The zero-order valence-electron chi connectivity index (χ0n) is 7.18. The van der Waals surface area contributed by atoms with Crippen molar-refractivity contribution in [2.45, 2.75) is 37.2 Å². The fraction of sp³-hybridized carbons (Fsp3) is 1.00. The summed E-state index contributed by atoms with van der Waals surface area (Å²) >= 11 is 4.48. The first-order valence-corrected chi connectivity index (χ1v) is 5.82. The van der Waals surface area contributed by atoms with Crippen LogP contribution in [0.15, 0.2) is 0 Å². The van der Waals surface area contributed by atoms with Gasteiger partial charge >= 0.3 is 0 Å². The molecular formula is C7H18OSSi. The molecule has 10 heavy (non-hydrogen) atoms. The molecule has 0 aromatic rings. The first-order chi connectivity index (χ1) is 4.68. The van der Waals surface area contributed by atoms with Crippen LogP contribution < -0.4 is 0 Å². The number of thiol groups is 1. The summed E-state index contributed by atoms with van der Waals surface area (Å²) in [5, 5.41) is 0. The Labute approximate surface area is 72.4 Å². The van der Waals surface area contributed by atoms with E-state index in [1.807, 2.05) is 0 Å². The Morgan fingerprint density at radius 2 is 2.10 bits per heavy atom. The molecule has 0 aliphatic heterocycles. The van der Waals surface area contributed by atoms with Gasteiger partial charge in [0.1, 0.15) is 4.93 Å². The largest absolute Gasteiger partial charge is 0.368 e. The van der Waals surface area contributed by atoms with Crippen LogP contribution >= 0.6 is 12.6 Å². The summed E-state index contributed by atoms with van der Waals surface area (Å²) < 4.78 is 5.31. The summed E-state index contributed by atoms with van der Waals surface area (Å²) in [7, 11) is 3.00. The highest BCUT2D eigenvalue weighted by molar-refractivity contribution is 7.81. The number of methoxy groups -OCH3 is 1. The smallest absolute Gasteiger partial charge is 0.110 e. The van der Waals surface area contributed by atoms with Gasteiger partial charge in [-0.05, 0) is 12.8 Å². The lowest BCUT2D eigenvalue weighted by atomic mass is 10.1. The Morgan fingerprint density at radius 1 is 1.50 bits per heavy atom. The van der Waals surface area contributed by atoms with Gasteiger partial charge in [-0.15, -0.1) is 12.6 Å². The van der Waals surface area contributed by atoms with Crippen LogP contribution in [0.3, 0.4) is 0 Å². The number of ether oxygens (including phenoxy) is 1. The van der Waals surface area contributed by atoms with Gasteiger partial charge in [0.25, 0.3) is 0 Å². The van der Waals surface area contributed by atoms with Crippen LogP contribution in [0, 0.1) is 0 Å². The molecule has 0 radical (unpaired) electrons. The van der Waals surface area contributed by atoms with E-state index in [2.05, 4.69) is 19.6 Å². The second kappa shape index (κ2) is 5.21. The van der Waals surface area contributed by atoms with Gasteiger partial charge in [-0.25, -0.2) is 0 Å². The minimum absolute atomic E-state index is 0.128. The van der Waals surface area contributed by atoms with E-state index < -0.39 is 0 Å². The highest BCUT2D eigenvalue weighted by atomic mass is 32.1. The maximum atomic E-state index is 5.31. The van der Waals surface area contributed by atoms with Crippen LogP contribution in [0.4, 0.5) is 0 Å². The van der Waals surface area contributed by atoms with Crippen LogP contribution in [-0.2, 0) is 4.74 Å². The van der Waals surface area contributed by atoms with E-state index in [4.69, 9.17) is 4.74 Å². The average molecular weight is 178 g/mol. The highest BCUT2D eigenvalue weighted by Gasteiger charge is 2.21. The molecule has 0 fully saturated rings. The maximum Gasteiger partial charge on any atom is 0.110 e. The molecule has 0 amide bonds. The molecule has 0 aromatic carbocycles. The molecule has 0 rings (SSSR count). The van der Waals surface area contributed by atoms with E-state index in [0.717, 1.165) is 19.3 Å². The van der Waals surface area contributed by atoms with Crippen molar-refractivity contribution < 1.29 is 4.74 Å². The summed E-state index contributed by atoms with van der Waals surface area (Å²) in [5.41, 5.74) is 0. The molecule has 0 spiro atoms. The van der Waals surface area contributed by atoms with Gasteiger partial charge in [0.05, 0.1) is 0 Å². The number of rotatable bonds is 5. The van der Waals surface area contributed by atoms with Crippen molar-refractivity contribution in [3.63, 3.8) is 0 Å². The number of hydrogen-bond acceptors (Lipinski definition) is 2. The summed E-state index contributed by atoms with van der Waals surface area (Å²) in [6, 6.07) is 1.28. The van der Waals surface area contributed by atoms with E-state index in [1.165, 1.54) is 16.3 Å². The maximum absolute atomic E-state index is 5.31. The Hall–Kier alpha value is 0.527. The Morgan fingerprint density at radius 3 is 2.40 bits per heavy atom. The van der Waals surface area contributed by atoms with E-state index in [1.54, 1.807) is 7.11 Å². The molecule has 1 unspecified atom stereocenters. The fourth-order valence-electron chi connectivity index (χ4n) is 1.11. The first kappa shape index (κ1) is 10.5. The van der Waals surface area contributed by atoms with Crippen molar-refractivity contribution in [1.29, 1.82) is 0 Å². The molecule has 0 bridgehead atoms. The predicted molar refractivity (Wildman–Crippen MR) is 53.0 cm³/mol. The zero-order chi connectivity index (χ0) is 8.04. The van der Waals surface area contributed by atoms with Gasteiger partial charge in [-0.2, -0.15) is 0 Å². The average Bonchev–Trinajstić information content (AvgIpc) is 1.89. The lowest BCUT2D eigenvalue weighted by Gasteiger charge is -2.25. The van der Waals surface area contributed by atoms with E-state index >= 15 is 0 Å². The molecule has 0 aliphatic carbocycles. The molecule has 62 valence electrons. The topological polar surface area (TPSA) is 9.23 Å². The molecule has 0 saturated heterocycles. The molecule has 3 heteroatoms. The second-order valence-electron chi connectivity index (χ2n) is 2.65. The van der Waals surface area contributed by atoms with Gasteiger partial charge in [0.15, 0.2) is 0 Å². The van der Waals surface area contributed by atoms with Crippen LogP contribution in [0.5, 0.6) is 0 Å². The minimum Gasteiger partial charge on any atom is -0.368 e. The van der Waals surface area contributed by atoms with Crippen LogP contribution in [-0.4, -0.2) is 22.3 Å². The molecule has 0 saturated carbocycles. The van der Waals surface area contributed by atoms with E-state index in [9.17, 15) is 0 Å². The predicted octanol–water partition coefficient (Wildman–Crippen LogP) is 1.23. The third-order valence-electron chi connectivity index (χ3n) is 1.66. The van der Waals surface area contributed by atoms with Gasteiger partial charge in [0, 0.05) is 17.4 Å². The Balaban J connectivity index is 3.69. The van der Waals surface area contributed by atoms with Gasteiger partial charge in [-0.3, -0.25) is 0 Å². The third kappa shape index (κ3) is 3.64. The van der Waals surface area contributed by atoms with Gasteiger partial charge in [0.2, 0.25) is 0 Å². The van der Waals surface area contributed by atoms with Crippen molar-refractivity contribution in [1.82, 2.24) is 0 Å². The van der Waals surface area contributed by atoms with Crippen molar-refractivity contribution in [2.75, 3.05) is 7.11 Å². The van der Waals surface area contributed by atoms with E-state index in [0.29, 0.717) is 0 Å². The highest BCUT2D eigenvalue weighted by Crippen LogP contribution is 2.26. The van der Waals surface area contributed by atoms with Gasteiger partial charge in [-0.1, -0.05) is 19.4 Å². The molecule has 0 heterocycles. The molecule has 0 aliphatic rings. The lowest BCUT2D eigenvalue weighted by molar-refractivity contribution is 0.0620. The van der Waals surface area contributed by atoms with Crippen LogP contribution in [0.25, 0.3) is 0 Å². The Bertz CT molecular complexity index is 81.7. The minimum atomic E-state index is -0.128. The van der Waals surface area contributed by atoms with Crippen LogP contribution in [0.2, 0.25) is 6.04 Å². The molecule has 1 atom stereocenters. The van der Waals surface area contributed by atoms with Crippen molar-refractivity contribution in [3.8, 4) is 0 Å². The zero-order valence-corrected chi connectivity index (χ0v) is 10.1. The van der Waals surface area contributed by atoms with E-state index in [-0.39, 0.29) is 4.93 Å². The summed E-state index contributed by atoms with van der Waals surface area (Å²) in [6.07, 6.45) is 3.32. The van der Waals surface area contributed by atoms with Crippen molar-refractivity contribution in [3.05, 3.63) is 0 Å². The monoisotopic (exact) mass is 178 g/mol. The normalized spacial score (nSPS) is 17.1. The third-order valence-corrected chi connectivity index (χ3v) is 2.79. The molecule has 1 nitrogen and oxygen atoms in total. The van der Waals surface area contributed by atoms with Crippen LogP contribution in [0.1, 0.15) is 26.2 Å². The summed E-state index contributed by atoms with van der Waals surface area (Å²) in [6.45, 7) is 2.16. The van der Waals surface area contributed by atoms with Crippen molar-refractivity contribution >= 4 is 22.9 Å². The SMILES string of the molecule is CCCC(S)(CC[SiH3])OC. The summed E-state index contributed by atoms with van der Waals surface area (Å²) in [5.74, 6) is 0. The molecular weight excluding hydrogens is 160 g/mol. The fourth-order valence-corrected chi connectivity index (χ4v) is 2.79. The molecule has 0 N–H and O–H groups in total. The standard InChI is InChI=1S/C7H18OSSi/c1-3-4-7(9,8-2)5-6-10/h9H,3-6H2,1-2,10H3. The second-order valence-corrected chi connectivity index (χ2v) is 4.47. The Kier molecular flexibility index (Phi) is 5.49. The summed E-state index contributed by atoms with van der Waals surface area (Å²) in [4.78, 5) is -0.128. The quantitative estimate of drug-likeness (QED) is 0.378.